The number of halogens is 2. The molecule has 3 aromatic heterocycles. The van der Waals surface area contributed by atoms with Crippen LogP contribution in [0.25, 0.3) is 22.1 Å². The molecule has 2 atom stereocenters. The number of alkyl halides is 2. The van der Waals surface area contributed by atoms with Gasteiger partial charge in [0, 0.05) is 67.0 Å². The average molecular weight is 577 g/mol. The van der Waals surface area contributed by atoms with Gasteiger partial charge in [-0.25, -0.2) is 28.7 Å². The highest BCUT2D eigenvalue weighted by molar-refractivity contribution is 7.17. The monoisotopic (exact) mass is 576 g/mol. The molecule has 1 aliphatic carbocycles. The summed E-state index contributed by atoms with van der Waals surface area (Å²) in [6.07, 6.45) is 3.24. The summed E-state index contributed by atoms with van der Waals surface area (Å²) >= 11 is 1.31. The van der Waals surface area contributed by atoms with Crippen LogP contribution in [-0.4, -0.2) is 49.9 Å². The first-order chi connectivity index (χ1) is 19.4. The van der Waals surface area contributed by atoms with Crippen LogP contribution in [0.4, 0.5) is 8.78 Å². The van der Waals surface area contributed by atoms with Gasteiger partial charge in [0.25, 0.3) is 11.8 Å². The molecule has 2 N–H and O–H groups in total. The maximum absolute atomic E-state index is 13.7. The number of amides is 1. The third kappa shape index (κ3) is 5.43. The smallest absolute Gasteiger partial charge is 0.270 e. The van der Waals surface area contributed by atoms with E-state index in [4.69, 9.17) is 15.5 Å². The van der Waals surface area contributed by atoms with Gasteiger partial charge in [0.05, 0.1) is 11.4 Å². The summed E-state index contributed by atoms with van der Waals surface area (Å²) in [5.41, 5.74) is 8.48. The zero-order valence-corrected chi connectivity index (χ0v) is 24.0. The van der Waals surface area contributed by atoms with Crippen LogP contribution in [0.15, 0.2) is 54.9 Å². The summed E-state index contributed by atoms with van der Waals surface area (Å²) in [5, 5.41) is 0.625. The van der Waals surface area contributed by atoms with E-state index in [1.807, 2.05) is 37.8 Å². The fraction of sp³-hybridized carbons (Fsp3) is 0.367. The Morgan fingerprint density at radius 2 is 1.68 bits per heavy atom. The quantitative estimate of drug-likeness (QED) is 0.313. The molecule has 2 fully saturated rings. The van der Waals surface area contributed by atoms with Gasteiger partial charge in [-0.05, 0) is 38.5 Å². The second kappa shape index (κ2) is 9.92. The predicted molar refractivity (Wildman–Crippen MR) is 152 cm³/mol. The van der Waals surface area contributed by atoms with Crippen LogP contribution in [0.2, 0.25) is 0 Å². The van der Waals surface area contributed by atoms with E-state index in [0.29, 0.717) is 51.6 Å². The number of carbonyl (C=O) groups is 1. The molecule has 1 aliphatic heterocycles. The number of hydrogen-bond acceptors (Lipinski definition) is 8. The van der Waals surface area contributed by atoms with Gasteiger partial charge >= 0.3 is 0 Å². The van der Waals surface area contributed by atoms with E-state index in [2.05, 4.69) is 15.0 Å². The molecule has 1 amide bonds. The van der Waals surface area contributed by atoms with E-state index in [1.165, 1.54) is 23.5 Å². The van der Waals surface area contributed by atoms with Crippen molar-refractivity contribution in [3.05, 3.63) is 76.6 Å². The molecule has 0 bridgehead atoms. The molecule has 0 spiro atoms. The first-order valence-corrected chi connectivity index (χ1v) is 14.2. The Kier molecular flexibility index (Phi) is 6.61. The van der Waals surface area contributed by atoms with Crippen LogP contribution >= 0.6 is 11.3 Å². The van der Waals surface area contributed by atoms with Crippen LogP contribution in [0.5, 0.6) is 5.88 Å². The molecule has 1 saturated heterocycles. The Hall–Kier alpha value is -3.83. The van der Waals surface area contributed by atoms with Gasteiger partial charge in [0.1, 0.15) is 11.0 Å². The van der Waals surface area contributed by atoms with Crippen LogP contribution in [0, 0.1) is 18.8 Å². The molecule has 11 heteroatoms. The zero-order chi connectivity index (χ0) is 29.1. The fourth-order valence-corrected chi connectivity index (χ4v) is 6.20. The van der Waals surface area contributed by atoms with Crippen molar-refractivity contribution >= 4 is 17.2 Å². The maximum atomic E-state index is 13.7. The van der Waals surface area contributed by atoms with Crippen molar-refractivity contribution in [1.29, 1.82) is 0 Å². The van der Waals surface area contributed by atoms with Crippen LogP contribution < -0.4 is 10.5 Å². The lowest BCUT2D eigenvalue weighted by Gasteiger charge is -2.22. The lowest BCUT2D eigenvalue weighted by atomic mass is 9.94. The van der Waals surface area contributed by atoms with Crippen molar-refractivity contribution in [2.75, 3.05) is 13.1 Å². The van der Waals surface area contributed by atoms with Gasteiger partial charge in [0.15, 0.2) is 10.8 Å². The van der Waals surface area contributed by atoms with E-state index in [0.717, 1.165) is 12.5 Å². The summed E-state index contributed by atoms with van der Waals surface area (Å²) in [6.45, 7) is 7.66. The largest absolute Gasteiger partial charge is 0.474 e. The van der Waals surface area contributed by atoms with Crippen molar-refractivity contribution in [1.82, 2.24) is 24.8 Å². The van der Waals surface area contributed by atoms with Crippen molar-refractivity contribution in [3.63, 3.8) is 0 Å². The molecule has 2 aliphatic rings. The Balaban J connectivity index is 1.16. The number of likely N-dealkylation sites (tertiary alicyclic amines) is 1. The van der Waals surface area contributed by atoms with E-state index in [1.54, 1.807) is 30.6 Å². The van der Waals surface area contributed by atoms with Gasteiger partial charge in [-0.2, -0.15) is 0 Å². The molecule has 41 heavy (non-hydrogen) atoms. The summed E-state index contributed by atoms with van der Waals surface area (Å²) < 4.78 is 33.8. The minimum absolute atomic E-state index is 0.0403. The molecule has 8 nitrogen and oxygen atoms in total. The van der Waals surface area contributed by atoms with Crippen molar-refractivity contribution in [2.24, 2.45) is 17.6 Å². The van der Waals surface area contributed by atoms with Gasteiger partial charge in [0.2, 0.25) is 5.88 Å². The van der Waals surface area contributed by atoms with E-state index in [9.17, 15) is 13.6 Å². The van der Waals surface area contributed by atoms with Crippen molar-refractivity contribution in [3.8, 4) is 28.0 Å². The number of pyridine rings is 1. The minimum atomic E-state index is -2.92. The summed E-state index contributed by atoms with van der Waals surface area (Å²) in [7, 11) is 0. The van der Waals surface area contributed by atoms with Crippen LogP contribution in [0.3, 0.4) is 0 Å². The van der Waals surface area contributed by atoms with E-state index >= 15 is 0 Å². The highest BCUT2D eigenvalue weighted by Gasteiger charge is 2.59. The normalized spacial score (nSPS) is 20.2. The fourth-order valence-electron chi connectivity index (χ4n) is 5.21. The number of hydrogen-bond donors (Lipinski definition) is 1. The minimum Gasteiger partial charge on any atom is -0.474 e. The molecule has 0 radical (unpaired) electrons. The Bertz CT molecular complexity index is 1590. The molecule has 2 unspecified atom stereocenters. The number of ether oxygens (including phenoxy) is 1. The third-order valence-electron chi connectivity index (χ3n) is 7.64. The summed E-state index contributed by atoms with van der Waals surface area (Å²) in [5.74, 6) is -1.61. The highest BCUT2D eigenvalue weighted by atomic mass is 32.1. The molecule has 4 aromatic rings. The molecule has 4 heterocycles. The number of aromatic nitrogens is 4. The number of nitrogens with two attached hydrogens (primary N) is 1. The molecular weight excluding hydrogens is 546 g/mol. The highest BCUT2D eigenvalue weighted by Crippen LogP contribution is 2.48. The SMILES string of the molecule is Cc1nc(-c2ncccn2)sc1C(=O)N1CC2C(C1)C2Oc1cc(C(C)(C)N)cc(-c2ccc(C(C)(F)F)cc2)n1. The number of piperidine rings is 1. The van der Waals surface area contributed by atoms with Gasteiger partial charge < -0.3 is 15.4 Å². The number of carbonyl (C=O) groups excluding carboxylic acids is 1. The van der Waals surface area contributed by atoms with E-state index in [-0.39, 0.29) is 29.4 Å². The average Bonchev–Trinajstić information content (AvgIpc) is 3.25. The topological polar surface area (TPSA) is 107 Å². The first-order valence-electron chi connectivity index (χ1n) is 13.4. The lowest BCUT2D eigenvalue weighted by Crippen LogP contribution is -2.33. The zero-order valence-electron chi connectivity index (χ0n) is 23.1. The Labute approximate surface area is 240 Å². The van der Waals surface area contributed by atoms with Gasteiger partial charge in [-0.15, -0.1) is 11.3 Å². The predicted octanol–water partition coefficient (Wildman–Crippen LogP) is 5.43. The summed E-state index contributed by atoms with van der Waals surface area (Å²) in [4.78, 5) is 33.5. The number of benzene rings is 1. The molecule has 212 valence electrons. The maximum Gasteiger partial charge on any atom is 0.270 e. The molecular formula is C30H30F2N6O2S. The number of aryl methyl sites for hydroxylation is 1. The van der Waals surface area contributed by atoms with Gasteiger partial charge in [-0.1, -0.05) is 24.3 Å². The number of fused-ring (bicyclic) bond motifs is 1. The number of nitrogens with zero attached hydrogens (tertiary/aromatic N) is 5. The second-order valence-corrected chi connectivity index (χ2v) is 12.4. The molecule has 6 rings (SSSR count). The molecule has 1 saturated carbocycles. The summed E-state index contributed by atoms with van der Waals surface area (Å²) in [6, 6.07) is 11.5. The first kappa shape index (κ1) is 27.3. The van der Waals surface area contributed by atoms with Crippen LogP contribution in [0.1, 0.15) is 47.3 Å². The van der Waals surface area contributed by atoms with Crippen molar-refractivity contribution < 1.29 is 18.3 Å². The number of thiazole rings is 1. The third-order valence-corrected chi connectivity index (χ3v) is 8.78. The standard InChI is InChI=1S/C30H30F2N6O2S/c1-16-25(41-27(36-16)26-34-10-5-11-35-26)28(39)38-14-20-21(15-38)24(20)40-23-13-19(29(2,3)33)12-22(37-23)17-6-8-18(9-7-17)30(4,31)32/h5-13,20-21,24H,14-15,33H2,1-4H3. The Morgan fingerprint density at radius 3 is 2.29 bits per heavy atom. The van der Waals surface area contributed by atoms with Crippen LogP contribution in [-0.2, 0) is 11.5 Å². The number of rotatable bonds is 7. The second-order valence-electron chi connectivity index (χ2n) is 11.4. The molecule has 1 aromatic carbocycles. The van der Waals surface area contributed by atoms with Crippen molar-refractivity contribution in [2.45, 2.75) is 45.3 Å². The lowest BCUT2D eigenvalue weighted by molar-refractivity contribution is 0.0175. The van der Waals surface area contributed by atoms with Gasteiger partial charge in [-0.3, -0.25) is 4.79 Å². The Morgan fingerprint density at radius 1 is 1.02 bits per heavy atom. The van der Waals surface area contributed by atoms with E-state index < -0.39 is 11.5 Å².